The van der Waals surface area contributed by atoms with Crippen LogP contribution in [0.1, 0.15) is 42.7 Å². The minimum atomic E-state index is 0.287. The van der Waals surface area contributed by atoms with E-state index in [1.807, 2.05) is 16.9 Å². The van der Waals surface area contributed by atoms with Crippen LogP contribution in [-0.2, 0) is 11.3 Å². The Morgan fingerprint density at radius 1 is 1.30 bits per heavy atom. The summed E-state index contributed by atoms with van der Waals surface area (Å²) in [5.41, 5.74) is 2.74. The summed E-state index contributed by atoms with van der Waals surface area (Å²) < 4.78 is 1.89. The van der Waals surface area contributed by atoms with Crippen molar-refractivity contribution in [1.82, 2.24) is 14.7 Å². The molecular weight excluding hydrogens is 286 g/mol. The quantitative estimate of drug-likeness (QED) is 0.849. The summed E-state index contributed by atoms with van der Waals surface area (Å²) >= 11 is 0. The fourth-order valence-electron chi connectivity index (χ4n) is 3.49. The number of piperidine rings is 1. The molecule has 2 aromatic rings. The van der Waals surface area contributed by atoms with Gasteiger partial charge >= 0.3 is 0 Å². The first-order valence-electron chi connectivity index (χ1n) is 8.55. The summed E-state index contributed by atoms with van der Waals surface area (Å²) in [6, 6.07) is 10.5. The zero-order valence-corrected chi connectivity index (χ0v) is 13.8. The number of likely N-dealkylation sites (tertiary alicyclic amines) is 1. The molecule has 1 aliphatic rings. The van der Waals surface area contributed by atoms with E-state index in [-0.39, 0.29) is 5.91 Å². The van der Waals surface area contributed by atoms with Gasteiger partial charge in [-0.2, -0.15) is 5.10 Å². The second-order valence-electron chi connectivity index (χ2n) is 6.41. The fraction of sp³-hybridized carbons (Fsp3) is 0.474. The lowest BCUT2D eigenvalue weighted by Gasteiger charge is -2.33. The van der Waals surface area contributed by atoms with Crippen molar-refractivity contribution < 1.29 is 4.79 Å². The molecule has 122 valence electrons. The molecule has 1 aromatic carbocycles. The third-order valence-electron chi connectivity index (χ3n) is 4.74. The number of carbonyl (C=O) groups excluding carboxylic acids is 1. The smallest absolute Gasteiger partial charge is 0.222 e. The summed E-state index contributed by atoms with van der Waals surface area (Å²) in [5, 5.41) is 4.18. The van der Waals surface area contributed by atoms with Crippen LogP contribution in [0.4, 0.5) is 0 Å². The third kappa shape index (κ3) is 4.01. The average molecular weight is 311 g/mol. The highest BCUT2D eigenvalue weighted by molar-refractivity contribution is 5.76. The molecular formula is C19H25N3O. The number of rotatable bonds is 5. The lowest BCUT2D eigenvalue weighted by Crippen LogP contribution is -2.39. The van der Waals surface area contributed by atoms with E-state index in [4.69, 9.17) is 0 Å². The van der Waals surface area contributed by atoms with Gasteiger partial charge in [0.25, 0.3) is 0 Å². The van der Waals surface area contributed by atoms with Crippen LogP contribution in [0.5, 0.6) is 0 Å². The topological polar surface area (TPSA) is 38.1 Å². The Kier molecular flexibility index (Phi) is 5.11. The second kappa shape index (κ2) is 7.44. The molecule has 0 bridgehead atoms. The van der Waals surface area contributed by atoms with Crippen LogP contribution >= 0.6 is 0 Å². The Bertz CT molecular complexity index is 636. The molecule has 1 saturated heterocycles. The van der Waals surface area contributed by atoms with Crippen molar-refractivity contribution in [1.29, 1.82) is 0 Å². The van der Waals surface area contributed by atoms with Gasteiger partial charge in [0, 0.05) is 44.4 Å². The van der Waals surface area contributed by atoms with Gasteiger partial charge in [-0.15, -0.1) is 0 Å². The predicted octanol–water partition coefficient (Wildman–Crippen LogP) is 3.38. The monoisotopic (exact) mass is 311 g/mol. The molecule has 1 atom stereocenters. The molecule has 1 aromatic heterocycles. The molecule has 1 aliphatic heterocycles. The first-order chi connectivity index (χ1) is 11.2. The van der Waals surface area contributed by atoms with Gasteiger partial charge in [-0.25, -0.2) is 0 Å². The van der Waals surface area contributed by atoms with Gasteiger partial charge in [-0.3, -0.25) is 9.48 Å². The molecule has 0 saturated carbocycles. The molecule has 0 unspecified atom stereocenters. The lowest BCUT2D eigenvalue weighted by molar-refractivity contribution is -0.132. The van der Waals surface area contributed by atoms with Gasteiger partial charge in [0.1, 0.15) is 0 Å². The Hall–Kier alpha value is -2.10. The summed E-state index contributed by atoms with van der Waals surface area (Å²) in [6.07, 6.45) is 7.47. The van der Waals surface area contributed by atoms with Gasteiger partial charge in [-0.1, -0.05) is 24.3 Å². The van der Waals surface area contributed by atoms with E-state index in [1.54, 1.807) is 6.20 Å². The Morgan fingerprint density at radius 3 is 2.96 bits per heavy atom. The molecule has 0 N–H and O–H groups in total. The zero-order chi connectivity index (χ0) is 16.1. The van der Waals surface area contributed by atoms with E-state index in [2.05, 4.69) is 41.2 Å². The van der Waals surface area contributed by atoms with E-state index < -0.39 is 0 Å². The Balaban J connectivity index is 1.53. The Morgan fingerprint density at radius 2 is 2.17 bits per heavy atom. The van der Waals surface area contributed by atoms with E-state index in [1.165, 1.54) is 17.5 Å². The van der Waals surface area contributed by atoms with Crippen molar-refractivity contribution in [3.8, 4) is 0 Å². The van der Waals surface area contributed by atoms with Crippen molar-refractivity contribution in [2.75, 3.05) is 13.1 Å². The number of carbonyl (C=O) groups is 1. The molecule has 1 fully saturated rings. The summed E-state index contributed by atoms with van der Waals surface area (Å²) in [7, 11) is 0. The SMILES string of the molecule is Cc1ccccc1[C@@H]1CCCN(C(=O)CCCn2cccn2)C1. The van der Waals surface area contributed by atoms with Crippen LogP contribution < -0.4 is 0 Å². The standard InChI is InChI=1S/C19H25N3O/c1-16-7-2-3-9-18(16)17-8-4-12-21(15-17)19(23)10-5-13-22-14-6-11-20-22/h2-3,6-7,9,11,14,17H,4-5,8,10,12-13,15H2,1H3/t17-/m1/s1. The summed E-state index contributed by atoms with van der Waals surface area (Å²) in [6.45, 7) is 4.75. The second-order valence-corrected chi connectivity index (χ2v) is 6.41. The van der Waals surface area contributed by atoms with Crippen molar-refractivity contribution in [2.45, 2.75) is 45.1 Å². The van der Waals surface area contributed by atoms with Gasteiger partial charge in [-0.05, 0) is 43.4 Å². The predicted molar refractivity (Wildman–Crippen MR) is 91.2 cm³/mol. The average Bonchev–Trinajstić information content (AvgIpc) is 3.09. The highest BCUT2D eigenvalue weighted by Crippen LogP contribution is 2.29. The molecule has 3 rings (SSSR count). The van der Waals surface area contributed by atoms with Crippen molar-refractivity contribution in [3.05, 3.63) is 53.9 Å². The first-order valence-corrected chi connectivity index (χ1v) is 8.55. The molecule has 0 spiro atoms. The number of hydrogen-bond acceptors (Lipinski definition) is 2. The normalized spacial score (nSPS) is 18.1. The maximum atomic E-state index is 12.5. The maximum Gasteiger partial charge on any atom is 0.222 e. The van der Waals surface area contributed by atoms with Crippen LogP contribution in [-0.4, -0.2) is 33.7 Å². The number of aromatic nitrogens is 2. The van der Waals surface area contributed by atoms with E-state index in [0.29, 0.717) is 12.3 Å². The van der Waals surface area contributed by atoms with Gasteiger partial charge in [0.15, 0.2) is 0 Å². The highest BCUT2D eigenvalue weighted by atomic mass is 16.2. The van der Waals surface area contributed by atoms with Crippen LogP contribution in [0.25, 0.3) is 0 Å². The van der Waals surface area contributed by atoms with E-state index >= 15 is 0 Å². The minimum Gasteiger partial charge on any atom is -0.342 e. The molecule has 0 aliphatic carbocycles. The van der Waals surface area contributed by atoms with Crippen LogP contribution in [0.2, 0.25) is 0 Å². The summed E-state index contributed by atoms with van der Waals surface area (Å²) in [4.78, 5) is 14.5. The fourth-order valence-corrected chi connectivity index (χ4v) is 3.49. The largest absolute Gasteiger partial charge is 0.342 e. The van der Waals surface area contributed by atoms with Crippen molar-refractivity contribution in [3.63, 3.8) is 0 Å². The highest BCUT2D eigenvalue weighted by Gasteiger charge is 2.25. The number of hydrogen-bond donors (Lipinski definition) is 0. The number of benzene rings is 1. The van der Waals surface area contributed by atoms with Gasteiger partial charge in [0.2, 0.25) is 5.91 Å². The van der Waals surface area contributed by atoms with Crippen molar-refractivity contribution >= 4 is 5.91 Å². The molecule has 23 heavy (non-hydrogen) atoms. The van der Waals surface area contributed by atoms with Crippen LogP contribution in [0, 0.1) is 6.92 Å². The zero-order valence-electron chi connectivity index (χ0n) is 13.8. The molecule has 1 amide bonds. The number of nitrogens with zero attached hydrogens (tertiary/aromatic N) is 3. The first kappa shape index (κ1) is 15.8. The molecule has 2 heterocycles. The number of aryl methyl sites for hydroxylation is 2. The summed E-state index contributed by atoms with van der Waals surface area (Å²) in [5.74, 6) is 0.774. The van der Waals surface area contributed by atoms with Gasteiger partial charge < -0.3 is 4.90 Å². The third-order valence-corrected chi connectivity index (χ3v) is 4.74. The minimum absolute atomic E-state index is 0.287. The maximum absolute atomic E-state index is 12.5. The lowest BCUT2D eigenvalue weighted by atomic mass is 9.88. The Labute approximate surface area is 138 Å². The van der Waals surface area contributed by atoms with E-state index in [9.17, 15) is 4.79 Å². The van der Waals surface area contributed by atoms with Crippen LogP contribution in [0.3, 0.4) is 0 Å². The van der Waals surface area contributed by atoms with Crippen LogP contribution in [0.15, 0.2) is 42.7 Å². The van der Waals surface area contributed by atoms with Crippen molar-refractivity contribution in [2.24, 2.45) is 0 Å². The van der Waals surface area contributed by atoms with E-state index in [0.717, 1.165) is 32.5 Å². The molecule has 4 heteroatoms. The molecule has 0 radical (unpaired) electrons. The number of amides is 1. The molecule has 4 nitrogen and oxygen atoms in total. The van der Waals surface area contributed by atoms with Gasteiger partial charge in [0.05, 0.1) is 0 Å².